The van der Waals surface area contributed by atoms with Gasteiger partial charge in [-0.05, 0) is 24.3 Å². The lowest BCUT2D eigenvalue weighted by molar-refractivity contribution is 0.122. The van der Waals surface area contributed by atoms with Crippen molar-refractivity contribution < 1.29 is 9.47 Å². The average Bonchev–Trinajstić information content (AvgIpc) is 3.34. The normalized spacial score (nSPS) is 13.9. The van der Waals surface area contributed by atoms with Gasteiger partial charge in [0.2, 0.25) is 0 Å². The van der Waals surface area contributed by atoms with Crippen molar-refractivity contribution in [3.8, 4) is 11.3 Å². The Morgan fingerprint density at radius 3 is 2.82 bits per heavy atom. The van der Waals surface area contributed by atoms with Crippen LogP contribution in [-0.2, 0) is 16.1 Å². The van der Waals surface area contributed by atoms with Gasteiger partial charge in [-0.15, -0.1) is 0 Å². The maximum Gasteiger partial charge on any atom is 0.180 e. The van der Waals surface area contributed by atoms with Gasteiger partial charge in [0.05, 0.1) is 25.5 Å². The summed E-state index contributed by atoms with van der Waals surface area (Å²) in [6.07, 6.45) is 6.80. The fourth-order valence-electron chi connectivity index (χ4n) is 4.20. The molecule has 0 atom stereocenters. The molecule has 3 heterocycles. The van der Waals surface area contributed by atoms with Crippen molar-refractivity contribution in [2.75, 3.05) is 49.4 Å². The van der Waals surface area contributed by atoms with Crippen molar-refractivity contribution >= 4 is 34.7 Å². The van der Waals surface area contributed by atoms with E-state index in [-0.39, 0.29) is 0 Å². The Kier molecular flexibility index (Phi) is 6.11. The van der Waals surface area contributed by atoms with Crippen LogP contribution in [0.3, 0.4) is 0 Å². The Morgan fingerprint density at radius 1 is 1.21 bits per heavy atom. The summed E-state index contributed by atoms with van der Waals surface area (Å²) in [5.41, 5.74) is 12.8. The monoisotopic (exact) mass is 457 g/mol. The fourth-order valence-corrected chi connectivity index (χ4v) is 4.20. The van der Waals surface area contributed by atoms with E-state index in [1.165, 1.54) is 6.21 Å². The third-order valence-electron chi connectivity index (χ3n) is 5.91. The summed E-state index contributed by atoms with van der Waals surface area (Å²) in [7, 11) is 1.71. The zero-order valence-electron chi connectivity index (χ0n) is 19.0. The van der Waals surface area contributed by atoms with Gasteiger partial charge in [0.15, 0.2) is 11.5 Å². The van der Waals surface area contributed by atoms with Gasteiger partial charge in [0, 0.05) is 78.8 Å². The lowest BCUT2D eigenvalue weighted by Crippen LogP contribution is -2.36. The number of methoxy groups -OCH3 is 1. The lowest BCUT2D eigenvalue weighted by atomic mass is 10.1. The van der Waals surface area contributed by atoms with E-state index in [9.17, 15) is 0 Å². The Labute approximate surface area is 197 Å². The fraction of sp³-hybridized carbons (Fsp3) is 0.240. The van der Waals surface area contributed by atoms with Crippen LogP contribution in [0.15, 0.2) is 55.0 Å². The zero-order chi connectivity index (χ0) is 23.5. The molecular formula is C25H27N7O2. The van der Waals surface area contributed by atoms with Gasteiger partial charge >= 0.3 is 0 Å². The number of nitrogens with zero attached hydrogens (tertiary/aromatic N) is 4. The maximum absolute atomic E-state index is 7.47. The van der Waals surface area contributed by atoms with E-state index in [0.29, 0.717) is 23.7 Å². The second kappa shape index (κ2) is 9.50. The first kappa shape index (κ1) is 21.9. The van der Waals surface area contributed by atoms with Crippen molar-refractivity contribution in [3.63, 3.8) is 0 Å². The zero-order valence-corrected chi connectivity index (χ0v) is 19.0. The number of anilines is 4. The molecule has 2 aromatic heterocycles. The van der Waals surface area contributed by atoms with E-state index >= 15 is 0 Å². The molecule has 0 spiro atoms. The van der Waals surface area contributed by atoms with Gasteiger partial charge in [-0.1, -0.05) is 12.1 Å². The van der Waals surface area contributed by atoms with Crippen LogP contribution in [0, 0.1) is 5.41 Å². The average molecular weight is 458 g/mol. The molecule has 4 N–H and O–H groups in total. The first-order valence-electron chi connectivity index (χ1n) is 11.1. The molecule has 9 nitrogen and oxygen atoms in total. The molecule has 174 valence electrons. The predicted octanol–water partition coefficient (Wildman–Crippen LogP) is 3.70. The molecule has 1 aliphatic rings. The molecule has 0 amide bonds. The summed E-state index contributed by atoms with van der Waals surface area (Å²) < 4.78 is 12.9. The quantitative estimate of drug-likeness (QED) is 0.286. The molecule has 9 heteroatoms. The molecule has 1 aliphatic heterocycles. The SMILES string of the molecule is COCc1cc(Nc2nc(-c3ccc(C=N)c(N)c3)cn3ccnc23)ccc1N1CCOCC1. The molecule has 0 radical (unpaired) electrons. The molecular weight excluding hydrogens is 430 g/mol. The molecule has 0 bridgehead atoms. The predicted molar refractivity (Wildman–Crippen MR) is 134 cm³/mol. The number of benzene rings is 2. The Bertz CT molecular complexity index is 1330. The first-order valence-corrected chi connectivity index (χ1v) is 11.1. The third kappa shape index (κ3) is 4.30. The number of nitrogens with one attached hydrogen (secondary N) is 2. The Hall–Kier alpha value is -3.95. The van der Waals surface area contributed by atoms with Gasteiger partial charge in [0.25, 0.3) is 0 Å². The van der Waals surface area contributed by atoms with Crippen LogP contribution in [0.1, 0.15) is 11.1 Å². The highest BCUT2D eigenvalue weighted by atomic mass is 16.5. The van der Waals surface area contributed by atoms with E-state index in [2.05, 4.69) is 33.4 Å². The molecule has 0 aliphatic carbocycles. The van der Waals surface area contributed by atoms with E-state index in [1.807, 2.05) is 35.0 Å². The van der Waals surface area contributed by atoms with Crippen LogP contribution < -0.4 is 16.0 Å². The van der Waals surface area contributed by atoms with Crippen molar-refractivity contribution in [2.45, 2.75) is 6.61 Å². The van der Waals surface area contributed by atoms with Crippen molar-refractivity contribution in [1.29, 1.82) is 5.41 Å². The van der Waals surface area contributed by atoms with Crippen molar-refractivity contribution in [1.82, 2.24) is 14.4 Å². The summed E-state index contributed by atoms with van der Waals surface area (Å²) in [5, 5.41) is 10.9. The number of ether oxygens (including phenoxy) is 2. The highest BCUT2D eigenvalue weighted by Gasteiger charge is 2.16. The maximum atomic E-state index is 7.47. The number of hydrogen-bond donors (Lipinski definition) is 3. The van der Waals surface area contributed by atoms with Crippen molar-refractivity contribution in [3.05, 3.63) is 66.1 Å². The van der Waals surface area contributed by atoms with Crippen molar-refractivity contribution in [2.24, 2.45) is 0 Å². The summed E-state index contributed by atoms with van der Waals surface area (Å²) in [6.45, 7) is 3.69. The summed E-state index contributed by atoms with van der Waals surface area (Å²) in [6, 6.07) is 11.8. The number of nitrogens with two attached hydrogens (primary N) is 1. The lowest BCUT2D eigenvalue weighted by Gasteiger charge is -2.30. The molecule has 0 saturated carbocycles. The highest BCUT2D eigenvalue weighted by molar-refractivity contribution is 5.87. The third-order valence-corrected chi connectivity index (χ3v) is 5.91. The van der Waals surface area contributed by atoms with Crippen LogP contribution in [0.5, 0.6) is 0 Å². The van der Waals surface area contributed by atoms with Crippen LogP contribution >= 0.6 is 0 Å². The second-order valence-corrected chi connectivity index (χ2v) is 8.12. The van der Waals surface area contributed by atoms with Crippen LogP contribution in [0.4, 0.5) is 22.9 Å². The van der Waals surface area contributed by atoms with Gasteiger partial charge in [-0.3, -0.25) is 0 Å². The number of morpholine rings is 1. The highest BCUT2D eigenvalue weighted by Crippen LogP contribution is 2.30. The first-order chi connectivity index (χ1) is 16.7. The molecule has 4 aromatic rings. The second-order valence-electron chi connectivity index (χ2n) is 8.12. The van der Waals surface area contributed by atoms with Crippen LogP contribution in [0.25, 0.3) is 16.9 Å². The molecule has 2 aromatic carbocycles. The van der Waals surface area contributed by atoms with Gasteiger partial charge in [0.1, 0.15) is 0 Å². The number of imidazole rings is 1. The topological polar surface area (TPSA) is 114 Å². The van der Waals surface area contributed by atoms with E-state index in [4.69, 9.17) is 25.6 Å². The number of aromatic nitrogens is 3. The molecule has 1 saturated heterocycles. The van der Waals surface area contributed by atoms with Gasteiger partial charge in [-0.2, -0.15) is 0 Å². The molecule has 5 rings (SSSR count). The Balaban J connectivity index is 1.51. The number of fused-ring (bicyclic) bond motifs is 1. The number of nitrogen functional groups attached to an aromatic ring is 1. The molecule has 1 fully saturated rings. The minimum atomic E-state index is 0.507. The summed E-state index contributed by atoms with van der Waals surface area (Å²) in [5.74, 6) is 0.639. The van der Waals surface area contributed by atoms with E-state index in [0.717, 1.165) is 60.1 Å². The molecule has 0 unspecified atom stereocenters. The number of hydrogen-bond acceptors (Lipinski definition) is 8. The van der Waals surface area contributed by atoms with Crippen LogP contribution in [-0.4, -0.2) is 54.0 Å². The standard InChI is InChI=1S/C25H27N7O2/c1-33-16-19-12-20(4-5-23(19)31-8-10-34-11-9-31)29-24-25-28-6-7-32(25)15-22(30-24)17-2-3-18(14-26)21(27)13-17/h2-7,12-15,26H,8-11,16,27H2,1H3,(H,29,30). The molecule has 34 heavy (non-hydrogen) atoms. The summed E-state index contributed by atoms with van der Waals surface area (Å²) in [4.78, 5) is 11.7. The largest absolute Gasteiger partial charge is 0.398 e. The van der Waals surface area contributed by atoms with Gasteiger partial charge < -0.3 is 35.2 Å². The Morgan fingerprint density at radius 2 is 2.06 bits per heavy atom. The minimum Gasteiger partial charge on any atom is -0.398 e. The smallest absolute Gasteiger partial charge is 0.180 e. The van der Waals surface area contributed by atoms with Gasteiger partial charge in [-0.25, -0.2) is 9.97 Å². The summed E-state index contributed by atoms with van der Waals surface area (Å²) >= 11 is 0. The number of rotatable bonds is 7. The van der Waals surface area contributed by atoms with E-state index < -0.39 is 0 Å². The van der Waals surface area contributed by atoms with E-state index in [1.54, 1.807) is 13.3 Å². The minimum absolute atomic E-state index is 0.507. The van der Waals surface area contributed by atoms with Crippen LogP contribution in [0.2, 0.25) is 0 Å².